The predicted molar refractivity (Wildman–Crippen MR) is 222 cm³/mol. The summed E-state index contributed by atoms with van der Waals surface area (Å²) in [7, 11) is 0. The van der Waals surface area contributed by atoms with Gasteiger partial charge >= 0.3 is 0 Å². The van der Waals surface area contributed by atoms with E-state index in [1.54, 1.807) is 0 Å². The molecule has 3 heterocycles. The molecular weight excluding hydrogens is 856 g/mol. The molecule has 274 valence electrons. The molecule has 6 aromatic carbocycles. The van der Waals surface area contributed by atoms with Crippen LogP contribution >= 0.6 is 0 Å². The fourth-order valence-electron chi connectivity index (χ4n) is 7.21. The van der Waals surface area contributed by atoms with Gasteiger partial charge in [-0.05, 0) is 88.3 Å². The summed E-state index contributed by atoms with van der Waals surface area (Å²) in [5, 5.41) is 2.23. The Bertz CT molecular complexity index is 2680. The molecule has 0 atom stereocenters. The number of anilines is 2. The van der Waals surface area contributed by atoms with E-state index in [0.717, 1.165) is 50.1 Å². The van der Waals surface area contributed by atoms with Crippen LogP contribution in [-0.2, 0) is 26.5 Å². The molecule has 0 aliphatic carbocycles. The fraction of sp³-hybridized carbons (Fsp3) is 0.102. The van der Waals surface area contributed by atoms with Crippen LogP contribution in [0.3, 0.4) is 0 Å². The van der Waals surface area contributed by atoms with Crippen molar-refractivity contribution in [3.05, 3.63) is 188 Å². The predicted octanol–water partition coefficient (Wildman–Crippen LogP) is 12.4. The Morgan fingerprint density at radius 1 is 0.618 bits per heavy atom. The Labute approximate surface area is 337 Å². The first kappa shape index (κ1) is 36.1. The zero-order chi connectivity index (χ0) is 36.8. The van der Waals surface area contributed by atoms with E-state index in [2.05, 4.69) is 189 Å². The molecule has 0 saturated heterocycles. The molecule has 0 N–H and O–H groups in total. The molecule has 1 aliphatic rings. The topological polar surface area (TPSA) is 33.5 Å². The van der Waals surface area contributed by atoms with Gasteiger partial charge in [0.15, 0.2) is 0 Å². The van der Waals surface area contributed by atoms with Crippen molar-refractivity contribution >= 4 is 33.2 Å². The van der Waals surface area contributed by atoms with Gasteiger partial charge in [-0.15, -0.1) is 53.6 Å². The first-order valence-corrected chi connectivity index (χ1v) is 18.3. The second kappa shape index (κ2) is 14.7. The SMILES string of the molecule is Cc1cc(-c2ccccc2)ccc1N1C=CN(c2[c-]c(Oc3[c-]c4c(cc3)c3ccccc3n4-c3cc(C(C)(C)C)ccn3)cc(-c3ccccc3)c2)[CH-]1.[Pt]. The van der Waals surface area contributed by atoms with Gasteiger partial charge in [0.2, 0.25) is 0 Å². The van der Waals surface area contributed by atoms with E-state index < -0.39 is 0 Å². The third kappa shape index (κ3) is 7.09. The summed E-state index contributed by atoms with van der Waals surface area (Å²) in [4.78, 5) is 9.07. The van der Waals surface area contributed by atoms with E-state index in [1.807, 2.05) is 30.5 Å². The quantitative estimate of drug-likeness (QED) is 0.149. The molecule has 0 radical (unpaired) electrons. The molecule has 55 heavy (non-hydrogen) atoms. The third-order valence-electron chi connectivity index (χ3n) is 10.1. The number of para-hydroxylation sites is 1. The number of aromatic nitrogens is 2. The maximum absolute atomic E-state index is 6.68. The summed E-state index contributed by atoms with van der Waals surface area (Å²) < 4.78 is 8.87. The van der Waals surface area contributed by atoms with Gasteiger partial charge < -0.3 is 19.1 Å². The van der Waals surface area contributed by atoms with Crippen LogP contribution in [0.5, 0.6) is 11.5 Å². The van der Waals surface area contributed by atoms with Crippen molar-refractivity contribution in [2.24, 2.45) is 0 Å². The average molecular weight is 895 g/mol. The number of benzene rings is 6. The minimum atomic E-state index is -0.0173. The zero-order valence-electron chi connectivity index (χ0n) is 31.1. The maximum atomic E-state index is 6.68. The van der Waals surface area contributed by atoms with Crippen molar-refractivity contribution in [3.63, 3.8) is 0 Å². The fourth-order valence-corrected chi connectivity index (χ4v) is 7.21. The summed E-state index contributed by atoms with van der Waals surface area (Å²) in [5.74, 6) is 2.05. The number of pyridine rings is 1. The minimum absolute atomic E-state index is 0. The standard InChI is InChI=1S/C49H39N4O.Pt/c1-34-27-37(35-13-7-5-8-14-35)19-22-45(34)52-26-25-51(33-52)40-28-38(36-15-9-6-10-16-36)29-42(31-40)54-41-20-21-44-43-17-11-12-18-46(43)53(47(44)32-41)48-30-39(23-24-50-48)49(2,3)4;/h5-30,33H,1-4H3;/q-3;. The van der Waals surface area contributed by atoms with Gasteiger partial charge in [0.25, 0.3) is 0 Å². The number of rotatable bonds is 7. The molecule has 2 aromatic heterocycles. The minimum Gasteiger partial charge on any atom is -0.509 e. The number of hydrogen-bond donors (Lipinski definition) is 0. The van der Waals surface area contributed by atoms with Crippen molar-refractivity contribution in [2.45, 2.75) is 33.1 Å². The maximum Gasteiger partial charge on any atom is 0.135 e. The van der Waals surface area contributed by atoms with Crippen LogP contribution in [0.2, 0.25) is 0 Å². The molecule has 0 fully saturated rings. The van der Waals surface area contributed by atoms with Crippen molar-refractivity contribution in [2.75, 3.05) is 9.80 Å². The van der Waals surface area contributed by atoms with E-state index in [4.69, 9.17) is 9.72 Å². The summed E-state index contributed by atoms with van der Waals surface area (Å²) in [6.45, 7) is 10.9. The Morgan fingerprint density at radius 3 is 2.07 bits per heavy atom. The molecule has 0 spiro atoms. The van der Waals surface area contributed by atoms with Gasteiger partial charge in [-0.3, -0.25) is 0 Å². The normalized spacial score (nSPS) is 12.7. The van der Waals surface area contributed by atoms with Gasteiger partial charge in [0, 0.05) is 50.0 Å². The Hall–Kier alpha value is -5.90. The molecule has 6 heteroatoms. The number of nitrogens with zero attached hydrogens (tertiary/aromatic N) is 4. The summed E-state index contributed by atoms with van der Waals surface area (Å²) in [5.41, 5.74) is 10.9. The zero-order valence-corrected chi connectivity index (χ0v) is 33.4. The molecule has 8 aromatic rings. The second-order valence-electron chi connectivity index (χ2n) is 14.8. The molecule has 0 bridgehead atoms. The van der Waals surface area contributed by atoms with E-state index in [-0.39, 0.29) is 26.5 Å². The van der Waals surface area contributed by atoms with Crippen LogP contribution in [0, 0.1) is 25.7 Å². The van der Waals surface area contributed by atoms with E-state index >= 15 is 0 Å². The van der Waals surface area contributed by atoms with Crippen LogP contribution in [0.25, 0.3) is 49.9 Å². The Morgan fingerprint density at radius 2 is 1.33 bits per heavy atom. The number of fused-ring (bicyclic) bond motifs is 3. The van der Waals surface area contributed by atoms with Gasteiger partial charge in [-0.2, -0.15) is 6.07 Å². The molecule has 9 rings (SSSR count). The van der Waals surface area contributed by atoms with Gasteiger partial charge in [-0.25, -0.2) is 4.98 Å². The molecule has 1 aliphatic heterocycles. The van der Waals surface area contributed by atoms with Crippen LogP contribution in [0.4, 0.5) is 11.4 Å². The molecule has 0 unspecified atom stereocenters. The number of hydrogen-bond acceptors (Lipinski definition) is 4. The molecule has 0 saturated carbocycles. The van der Waals surface area contributed by atoms with E-state index in [9.17, 15) is 0 Å². The van der Waals surface area contributed by atoms with Gasteiger partial charge in [0.05, 0.1) is 0 Å². The largest absolute Gasteiger partial charge is 0.509 e. The Kier molecular flexibility index (Phi) is 9.67. The Balaban J connectivity index is 0.00000427. The second-order valence-corrected chi connectivity index (χ2v) is 14.8. The summed E-state index contributed by atoms with van der Waals surface area (Å²) >= 11 is 0. The van der Waals surface area contributed by atoms with Crippen molar-refractivity contribution in [1.29, 1.82) is 0 Å². The van der Waals surface area contributed by atoms with E-state index in [0.29, 0.717) is 11.5 Å². The van der Waals surface area contributed by atoms with Crippen molar-refractivity contribution in [3.8, 4) is 39.6 Å². The first-order valence-electron chi connectivity index (χ1n) is 18.3. The van der Waals surface area contributed by atoms with Crippen LogP contribution in [-0.4, -0.2) is 9.55 Å². The first-order chi connectivity index (χ1) is 26.3. The average Bonchev–Trinajstić information content (AvgIpc) is 3.82. The van der Waals surface area contributed by atoms with Crippen LogP contribution < -0.4 is 14.5 Å². The number of ether oxygens (including phenoxy) is 1. The molecular formula is C49H39N4OPt-3. The van der Waals surface area contributed by atoms with Crippen molar-refractivity contribution in [1.82, 2.24) is 9.55 Å². The summed E-state index contributed by atoms with van der Waals surface area (Å²) in [6.07, 6.45) is 6.04. The molecule has 5 nitrogen and oxygen atoms in total. The van der Waals surface area contributed by atoms with Gasteiger partial charge in [-0.1, -0.05) is 111 Å². The van der Waals surface area contributed by atoms with Gasteiger partial charge in [0.1, 0.15) is 5.82 Å². The molecule has 0 amide bonds. The van der Waals surface area contributed by atoms with Crippen molar-refractivity contribution < 1.29 is 25.8 Å². The third-order valence-corrected chi connectivity index (χ3v) is 10.1. The van der Waals surface area contributed by atoms with Crippen LogP contribution in [0.15, 0.2) is 158 Å². The smallest absolute Gasteiger partial charge is 0.135 e. The number of aryl methyl sites for hydroxylation is 1. The van der Waals surface area contributed by atoms with E-state index in [1.165, 1.54) is 22.3 Å². The summed E-state index contributed by atoms with van der Waals surface area (Å²) in [6, 6.07) is 55.7. The van der Waals surface area contributed by atoms with Crippen LogP contribution in [0.1, 0.15) is 31.9 Å². The monoisotopic (exact) mass is 894 g/mol.